The maximum Gasteiger partial charge on any atom is 0.0950 e. The Balaban J connectivity index is 1.83. The minimum Gasteiger partial charge on any atom is -0.331 e. The quantitative estimate of drug-likeness (QED) is 0.905. The molecule has 106 valence electrons. The van der Waals surface area contributed by atoms with Crippen molar-refractivity contribution in [1.29, 1.82) is 0 Å². The van der Waals surface area contributed by atoms with Gasteiger partial charge in [-0.1, -0.05) is 33.1 Å². The molecule has 1 aliphatic heterocycles. The van der Waals surface area contributed by atoms with Gasteiger partial charge in [-0.2, -0.15) is 0 Å². The lowest BCUT2D eigenvalue weighted by atomic mass is 9.82. The molecular formula is C16H27N3. The second-order valence-corrected chi connectivity index (χ2v) is 6.77. The van der Waals surface area contributed by atoms with Gasteiger partial charge in [0.05, 0.1) is 6.33 Å². The number of hydrogen-bond acceptors (Lipinski definition) is 2. The molecule has 1 aromatic heterocycles. The summed E-state index contributed by atoms with van der Waals surface area (Å²) in [7, 11) is 0. The highest BCUT2D eigenvalue weighted by atomic mass is 15.1. The van der Waals surface area contributed by atoms with Crippen LogP contribution in [-0.4, -0.2) is 22.6 Å². The van der Waals surface area contributed by atoms with E-state index in [-0.39, 0.29) is 5.41 Å². The molecule has 0 bridgehead atoms. The van der Waals surface area contributed by atoms with Gasteiger partial charge in [-0.3, -0.25) is 0 Å². The van der Waals surface area contributed by atoms with Gasteiger partial charge < -0.3 is 9.88 Å². The Labute approximate surface area is 116 Å². The molecule has 3 rings (SSSR count). The van der Waals surface area contributed by atoms with Gasteiger partial charge in [0.2, 0.25) is 0 Å². The van der Waals surface area contributed by atoms with Gasteiger partial charge in [-0.25, -0.2) is 4.98 Å². The van der Waals surface area contributed by atoms with E-state index < -0.39 is 0 Å². The van der Waals surface area contributed by atoms with Crippen LogP contribution in [-0.2, 0) is 5.41 Å². The van der Waals surface area contributed by atoms with Crippen LogP contribution in [0.2, 0.25) is 0 Å². The van der Waals surface area contributed by atoms with Gasteiger partial charge in [-0.05, 0) is 31.7 Å². The van der Waals surface area contributed by atoms with Crippen LogP contribution in [0.1, 0.15) is 64.1 Å². The summed E-state index contributed by atoms with van der Waals surface area (Å²) in [5.74, 6) is 0.920. The molecule has 1 aliphatic carbocycles. The van der Waals surface area contributed by atoms with E-state index in [0.717, 1.165) is 19.0 Å². The molecule has 0 aromatic carbocycles. The topological polar surface area (TPSA) is 29.9 Å². The fourth-order valence-electron chi connectivity index (χ4n) is 3.98. The van der Waals surface area contributed by atoms with E-state index >= 15 is 0 Å². The molecule has 0 radical (unpaired) electrons. The molecule has 2 aliphatic rings. The molecule has 2 heterocycles. The Kier molecular flexibility index (Phi) is 3.66. The molecule has 1 aromatic rings. The Morgan fingerprint density at radius 1 is 1.47 bits per heavy atom. The fourth-order valence-corrected chi connectivity index (χ4v) is 3.98. The minimum absolute atomic E-state index is 0.287. The summed E-state index contributed by atoms with van der Waals surface area (Å²) >= 11 is 0. The fraction of sp³-hybridized carbons (Fsp3) is 0.812. The van der Waals surface area contributed by atoms with E-state index in [0.29, 0.717) is 6.04 Å². The highest BCUT2D eigenvalue weighted by molar-refractivity contribution is 5.18. The van der Waals surface area contributed by atoms with Crippen LogP contribution in [0.3, 0.4) is 0 Å². The van der Waals surface area contributed by atoms with Crippen LogP contribution in [0.4, 0.5) is 0 Å². The van der Waals surface area contributed by atoms with Gasteiger partial charge >= 0.3 is 0 Å². The Hall–Kier alpha value is -0.830. The number of nitrogens with one attached hydrogen (secondary N) is 1. The predicted molar refractivity (Wildman–Crippen MR) is 78.4 cm³/mol. The first-order valence-corrected chi connectivity index (χ1v) is 7.96. The summed E-state index contributed by atoms with van der Waals surface area (Å²) < 4.78 is 2.51. The molecule has 3 heteroatoms. The van der Waals surface area contributed by atoms with Crippen molar-refractivity contribution in [2.24, 2.45) is 5.92 Å². The largest absolute Gasteiger partial charge is 0.331 e. The van der Waals surface area contributed by atoms with Crippen LogP contribution >= 0.6 is 0 Å². The van der Waals surface area contributed by atoms with Crippen LogP contribution in [0.5, 0.6) is 0 Å². The summed E-state index contributed by atoms with van der Waals surface area (Å²) in [6.07, 6.45) is 12.3. The zero-order valence-electron chi connectivity index (χ0n) is 12.4. The number of imidazole rings is 1. The average Bonchev–Trinajstić information content (AvgIpc) is 3.08. The smallest absolute Gasteiger partial charge is 0.0950 e. The first-order valence-electron chi connectivity index (χ1n) is 7.96. The molecule has 3 nitrogen and oxygen atoms in total. The van der Waals surface area contributed by atoms with Crippen LogP contribution in [0.25, 0.3) is 0 Å². The van der Waals surface area contributed by atoms with Crippen molar-refractivity contribution in [3.63, 3.8) is 0 Å². The van der Waals surface area contributed by atoms with E-state index in [4.69, 9.17) is 0 Å². The van der Waals surface area contributed by atoms with Crippen molar-refractivity contribution < 1.29 is 0 Å². The summed E-state index contributed by atoms with van der Waals surface area (Å²) in [5.41, 5.74) is 1.75. The van der Waals surface area contributed by atoms with Crippen LogP contribution in [0, 0.1) is 5.92 Å². The molecule has 0 amide bonds. The van der Waals surface area contributed by atoms with Crippen molar-refractivity contribution in [2.75, 3.05) is 13.1 Å². The maximum absolute atomic E-state index is 4.47. The third-order valence-corrected chi connectivity index (χ3v) is 5.38. The van der Waals surface area contributed by atoms with Crippen LogP contribution < -0.4 is 5.32 Å². The van der Waals surface area contributed by atoms with Gasteiger partial charge in [0.15, 0.2) is 0 Å². The highest BCUT2D eigenvalue weighted by Crippen LogP contribution is 2.38. The Morgan fingerprint density at radius 3 is 3.11 bits per heavy atom. The minimum atomic E-state index is 0.287. The summed E-state index contributed by atoms with van der Waals surface area (Å²) in [6.45, 7) is 6.97. The molecular weight excluding hydrogens is 234 g/mol. The van der Waals surface area contributed by atoms with E-state index in [1.807, 2.05) is 0 Å². The third kappa shape index (κ3) is 2.45. The molecule has 3 atom stereocenters. The maximum atomic E-state index is 4.47. The highest BCUT2D eigenvalue weighted by Gasteiger charge is 2.35. The number of rotatable bonds is 3. The third-order valence-electron chi connectivity index (χ3n) is 5.38. The molecule has 1 N–H and O–H groups in total. The van der Waals surface area contributed by atoms with Crippen molar-refractivity contribution in [1.82, 2.24) is 14.9 Å². The first kappa shape index (κ1) is 13.2. The van der Waals surface area contributed by atoms with Crippen molar-refractivity contribution in [3.8, 4) is 0 Å². The number of aromatic nitrogens is 2. The molecule has 1 saturated carbocycles. The molecule has 2 fully saturated rings. The molecule has 19 heavy (non-hydrogen) atoms. The first-order chi connectivity index (χ1) is 9.23. The van der Waals surface area contributed by atoms with Crippen molar-refractivity contribution in [3.05, 3.63) is 18.2 Å². The lowest BCUT2D eigenvalue weighted by Gasteiger charge is -2.33. The summed E-state index contributed by atoms with van der Waals surface area (Å²) in [4.78, 5) is 4.47. The predicted octanol–water partition coefficient (Wildman–Crippen LogP) is 3.28. The Bertz CT molecular complexity index is 417. The average molecular weight is 261 g/mol. The summed E-state index contributed by atoms with van der Waals surface area (Å²) in [5, 5.41) is 3.51. The number of nitrogens with zero attached hydrogens (tertiary/aromatic N) is 2. The van der Waals surface area contributed by atoms with E-state index in [1.165, 1.54) is 44.2 Å². The van der Waals surface area contributed by atoms with E-state index in [9.17, 15) is 0 Å². The van der Waals surface area contributed by atoms with Gasteiger partial charge in [0, 0.05) is 29.9 Å². The van der Waals surface area contributed by atoms with Gasteiger partial charge in [-0.15, -0.1) is 0 Å². The SMILES string of the molecule is CCC1CCCC(n2cncc2C2(C)CCNC2)C1. The van der Waals surface area contributed by atoms with Gasteiger partial charge in [0.25, 0.3) is 0 Å². The standard InChI is InChI=1S/C16H27N3/c1-3-13-5-4-6-14(9-13)19-12-18-10-15(19)16(2)7-8-17-11-16/h10,12-14,17H,3-9,11H2,1-2H3. The second-order valence-electron chi connectivity index (χ2n) is 6.77. The lowest BCUT2D eigenvalue weighted by molar-refractivity contribution is 0.251. The monoisotopic (exact) mass is 261 g/mol. The number of hydrogen-bond donors (Lipinski definition) is 1. The van der Waals surface area contributed by atoms with Crippen molar-refractivity contribution >= 4 is 0 Å². The lowest BCUT2D eigenvalue weighted by Crippen LogP contribution is -2.30. The van der Waals surface area contributed by atoms with Crippen LogP contribution in [0.15, 0.2) is 12.5 Å². The molecule has 0 spiro atoms. The zero-order chi connectivity index (χ0) is 13.3. The normalized spacial score (nSPS) is 35.7. The second kappa shape index (κ2) is 5.28. The van der Waals surface area contributed by atoms with Crippen molar-refractivity contribution in [2.45, 2.75) is 63.8 Å². The molecule has 1 saturated heterocycles. The Morgan fingerprint density at radius 2 is 2.37 bits per heavy atom. The van der Waals surface area contributed by atoms with E-state index in [1.54, 1.807) is 0 Å². The zero-order valence-corrected chi connectivity index (χ0v) is 12.4. The summed E-state index contributed by atoms with van der Waals surface area (Å²) in [6, 6.07) is 0.689. The van der Waals surface area contributed by atoms with E-state index in [2.05, 4.69) is 41.2 Å². The molecule has 3 unspecified atom stereocenters. The van der Waals surface area contributed by atoms with Gasteiger partial charge in [0.1, 0.15) is 0 Å².